The summed E-state index contributed by atoms with van der Waals surface area (Å²) in [6, 6.07) is 106. The standard InChI is InChI=1S/C20H16ClNO3.C20H15F2NO2.C19H11Cl2F2NO2.C19H13Cl2NO2.C19H12ClF2NO2.C19H12F3NO2/c1-24-18-8-4-5-9-19(18)25-15-12-10-14(11-13-15)22-20(23)16-6-2-3-7-17(16)21;1-13-5-9-15(10-6-13)25-16-11-7-14(8-12-16)23-20(24)19-17(21)3-2-4-18(19)22;20-11-4-7-13(8-5-11)26-17-9-6-12(10-14(17)21)24-19(25)18-15(22)2-1-3-16(18)23;20-13-5-9-15(10-6-13)24-16-11-7-14(8-12-16)22-19(23)17-3-1-2-4-18(17)21;2*20-12-4-8-14(9-5-12)25-15-10-6-13(7-11-15)23-19(24)18-16(21)2-1-3-17(18)22/h2-13H,1H3,(H,22,23);2-12H,1H3,(H,23,24);1-10H,(H,24,25);1-12H,(H,22,23);2*1-11H,(H,23,24). The minimum Gasteiger partial charge on any atom is -0.493 e. The number of hydrogen-bond acceptors (Lipinski definition) is 13. The molecule has 6 N–H and O–H groups in total. The number of amides is 6. The molecule has 0 fully saturated rings. The fourth-order valence-corrected chi connectivity index (χ4v) is 14.2. The van der Waals surface area contributed by atoms with Gasteiger partial charge < -0.3 is 65.1 Å². The average molecular weight is 2150 g/mol. The molecule has 0 aliphatic rings. The van der Waals surface area contributed by atoms with Crippen molar-refractivity contribution in [3.8, 4) is 74.7 Å². The zero-order chi connectivity index (χ0) is 107. The van der Waals surface area contributed by atoms with Crippen LogP contribution in [0, 0.1) is 59.3 Å². The summed E-state index contributed by atoms with van der Waals surface area (Å²) < 4.78 is 161. The summed E-state index contributed by atoms with van der Waals surface area (Å²) >= 11 is 35.7. The van der Waals surface area contributed by atoms with Gasteiger partial charge in [0.15, 0.2) is 11.5 Å². The number of benzene rings is 18. The molecule has 756 valence electrons. The SMILES string of the molecule is COc1ccccc1Oc1ccc(NC(=O)c2ccccc2Cl)cc1.Cc1ccc(Oc2ccc(NC(=O)c3c(F)cccc3F)cc2)cc1.O=C(Nc1ccc(Oc2ccc(Cl)cc2)c(Cl)c1)c1c(F)cccc1F.O=C(Nc1ccc(Oc2ccc(Cl)cc2)cc1)c1c(F)cccc1F.O=C(Nc1ccc(Oc2ccc(Cl)cc2)cc1)c1ccccc1Cl.O=C(Nc1ccc(Oc2ccc(F)cc2)cc1)c1c(F)cccc1F. The number of nitrogens with one attached hydrogen (secondary N) is 6. The van der Waals surface area contributed by atoms with Crippen LogP contribution >= 0.6 is 69.6 Å². The van der Waals surface area contributed by atoms with E-state index in [1.54, 1.807) is 238 Å². The molecule has 0 aliphatic heterocycles. The monoisotopic (exact) mass is 2140 g/mol. The highest BCUT2D eigenvalue weighted by molar-refractivity contribution is 6.35. The molecule has 0 bridgehead atoms. The molecule has 0 saturated carbocycles. The highest BCUT2D eigenvalue weighted by Gasteiger charge is 2.24. The number of ether oxygens (including phenoxy) is 7. The van der Waals surface area contributed by atoms with Gasteiger partial charge in [0.2, 0.25) is 0 Å². The number of methoxy groups -OCH3 is 1. The largest absolute Gasteiger partial charge is 0.493 e. The molecule has 34 heteroatoms. The number of anilines is 6. The molecule has 0 heterocycles. The predicted octanol–water partition coefficient (Wildman–Crippen LogP) is 33.9. The van der Waals surface area contributed by atoms with Crippen LogP contribution in [-0.2, 0) is 0 Å². The Bertz CT molecular complexity index is 7290. The zero-order valence-corrected chi connectivity index (χ0v) is 82.7. The fraction of sp³-hybridized carbons (Fsp3) is 0.0172. The van der Waals surface area contributed by atoms with Crippen molar-refractivity contribution >= 4 is 139 Å². The Labute approximate surface area is 883 Å². The van der Waals surface area contributed by atoms with Crippen LogP contribution in [0.3, 0.4) is 0 Å². The molecule has 0 spiro atoms. The zero-order valence-electron chi connectivity index (χ0n) is 78.2. The number of aryl methyl sites for hydroxylation is 1. The second-order valence-electron chi connectivity index (χ2n) is 31.2. The van der Waals surface area contributed by atoms with Crippen molar-refractivity contribution in [3.63, 3.8) is 0 Å². The Balaban J connectivity index is 0.000000150. The third-order valence-corrected chi connectivity index (χ3v) is 22.2. The second-order valence-corrected chi connectivity index (χ2v) is 33.8. The van der Waals surface area contributed by atoms with Gasteiger partial charge >= 0.3 is 0 Å². The Morgan fingerprint density at radius 3 is 0.700 bits per heavy atom. The first kappa shape index (κ1) is 110. The Morgan fingerprint density at radius 1 is 0.207 bits per heavy atom. The third kappa shape index (κ3) is 32.7. The molecule has 18 aromatic rings. The molecule has 6 amide bonds. The van der Waals surface area contributed by atoms with E-state index in [2.05, 4.69) is 31.9 Å². The number of para-hydroxylation sites is 2. The maximum atomic E-state index is 13.7. The maximum absolute atomic E-state index is 13.7. The van der Waals surface area contributed by atoms with Gasteiger partial charge in [0.05, 0.1) is 33.3 Å². The van der Waals surface area contributed by atoms with Crippen molar-refractivity contribution in [1.29, 1.82) is 0 Å². The highest BCUT2D eigenvalue weighted by Crippen LogP contribution is 2.37. The lowest BCUT2D eigenvalue weighted by Crippen LogP contribution is -2.15. The molecule has 0 aromatic heterocycles. The molecule has 0 radical (unpaired) electrons. The topological polar surface area (TPSA) is 239 Å². The summed E-state index contributed by atoms with van der Waals surface area (Å²) in [5.74, 6) is -4.33. The van der Waals surface area contributed by atoms with E-state index < -0.39 is 92.4 Å². The minimum absolute atomic E-state index is 0.215. The van der Waals surface area contributed by atoms with Crippen LogP contribution in [0.4, 0.5) is 73.6 Å². The number of carbonyl (C=O) groups is 6. The van der Waals surface area contributed by atoms with Gasteiger partial charge in [-0.1, -0.05) is 148 Å². The lowest BCUT2D eigenvalue weighted by atomic mass is 10.1. The summed E-state index contributed by atoms with van der Waals surface area (Å²) in [5.41, 5.74) is 2.17. The molecule has 0 saturated heterocycles. The van der Waals surface area contributed by atoms with Crippen LogP contribution in [0.1, 0.15) is 67.7 Å². The molecule has 18 rings (SSSR count). The van der Waals surface area contributed by atoms with E-state index in [0.29, 0.717) is 139 Å². The smallest absolute Gasteiger partial charge is 0.261 e. The van der Waals surface area contributed by atoms with E-state index in [9.17, 15) is 68.3 Å². The Hall–Kier alpha value is -17.5. The number of rotatable bonds is 25. The van der Waals surface area contributed by atoms with Gasteiger partial charge in [0.1, 0.15) is 138 Å². The van der Waals surface area contributed by atoms with E-state index in [4.69, 9.17) is 103 Å². The molecule has 0 unspecified atom stereocenters. The predicted molar refractivity (Wildman–Crippen MR) is 565 cm³/mol. The molecular weight excluding hydrogens is 2070 g/mol. The van der Waals surface area contributed by atoms with Crippen molar-refractivity contribution < 1.29 is 101 Å². The van der Waals surface area contributed by atoms with Crippen LogP contribution in [0.2, 0.25) is 30.1 Å². The summed E-state index contributed by atoms with van der Waals surface area (Å²) in [6.07, 6.45) is 0. The van der Waals surface area contributed by atoms with Gasteiger partial charge in [-0.05, 0) is 341 Å². The third-order valence-electron chi connectivity index (χ3n) is 20.5. The normalized spacial score (nSPS) is 10.3. The van der Waals surface area contributed by atoms with E-state index in [1.165, 1.54) is 78.9 Å². The van der Waals surface area contributed by atoms with Crippen molar-refractivity contribution in [1.82, 2.24) is 0 Å². The summed E-state index contributed by atoms with van der Waals surface area (Å²) in [5, 5.41) is 18.2. The Kier molecular flexibility index (Phi) is 39.6. The second kappa shape index (κ2) is 54.1. The van der Waals surface area contributed by atoms with Crippen LogP contribution < -0.4 is 65.1 Å². The first-order chi connectivity index (χ1) is 72.3. The lowest BCUT2D eigenvalue weighted by molar-refractivity contribution is 0.101. The van der Waals surface area contributed by atoms with Gasteiger partial charge in [-0.2, -0.15) is 0 Å². The van der Waals surface area contributed by atoms with Crippen molar-refractivity contribution in [2.45, 2.75) is 6.92 Å². The summed E-state index contributed by atoms with van der Waals surface area (Å²) in [6.45, 7) is 1.99. The van der Waals surface area contributed by atoms with Crippen LogP contribution in [0.25, 0.3) is 0 Å². The fourth-order valence-electron chi connectivity index (χ4n) is 13.1. The van der Waals surface area contributed by atoms with E-state index in [0.717, 1.165) is 54.1 Å². The molecule has 18 aromatic carbocycles. The van der Waals surface area contributed by atoms with Crippen molar-refractivity contribution in [2.75, 3.05) is 39.0 Å². The van der Waals surface area contributed by atoms with E-state index in [-0.39, 0.29) is 28.3 Å². The molecule has 0 atom stereocenters. The molecule has 0 aliphatic carbocycles. The Morgan fingerprint density at radius 2 is 0.427 bits per heavy atom. The van der Waals surface area contributed by atoms with Crippen LogP contribution in [-0.4, -0.2) is 42.6 Å². The van der Waals surface area contributed by atoms with Crippen molar-refractivity contribution in [2.24, 2.45) is 0 Å². The molecular formula is C116H79Cl6F9N6O13. The van der Waals surface area contributed by atoms with E-state index >= 15 is 0 Å². The van der Waals surface area contributed by atoms with Crippen LogP contribution in [0.15, 0.2) is 406 Å². The van der Waals surface area contributed by atoms with E-state index in [1.807, 2.05) is 55.5 Å². The lowest BCUT2D eigenvalue weighted by Gasteiger charge is -2.11. The van der Waals surface area contributed by atoms with Gasteiger partial charge in [0.25, 0.3) is 35.4 Å². The first-order valence-corrected chi connectivity index (χ1v) is 46.8. The van der Waals surface area contributed by atoms with Gasteiger partial charge in [-0.15, -0.1) is 0 Å². The van der Waals surface area contributed by atoms with Crippen molar-refractivity contribution in [3.05, 3.63) is 528 Å². The summed E-state index contributed by atoms with van der Waals surface area (Å²) in [4.78, 5) is 72.6. The quantitative estimate of drug-likeness (QED) is 0.0292. The number of carbonyl (C=O) groups excluding carboxylic acids is 6. The minimum atomic E-state index is -0.948. The highest BCUT2D eigenvalue weighted by atomic mass is 35.5. The van der Waals surface area contributed by atoms with Crippen LogP contribution in [0.5, 0.6) is 74.7 Å². The molecule has 150 heavy (non-hydrogen) atoms. The first-order valence-electron chi connectivity index (χ1n) is 44.5. The number of halogens is 15. The number of hydrogen-bond donors (Lipinski definition) is 6. The van der Waals surface area contributed by atoms with Gasteiger partial charge in [-0.3, -0.25) is 28.8 Å². The van der Waals surface area contributed by atoms with Gasteiger partial charge in [-0.25, -0.2) is 39.5 Å². The average Bonchev–Trinajstić information content (AvgIpc) is 0.826. The summed E-state index contributed by atoms with van der Waals surface area (Å²) in [7, 11) is 1.59. The molecule has 19 nitrogen and oxygen atoms in total. The van der Waals surface area contributed by atoms with Gasteiger partial charge in [0, 0.05) is 49.2 Å². The maximum Gasteiger partial charge on any atom is 0.261 e.